The fraction of sp³-hybridized carbons (Fsp3) is 0.111. The minimum Gasteiger partial charge on any atom is -0.0899 e. The SMILES string of the molecule is [N-]=[N+]=NCC=Cc1ccc(Cl)cc1Cl. The number of halogens is 2. The first kappa shape index (κ1) is 10.9. The van der Waals surface area contributed by atoms with Gasteiger partial charge < -0.3 is 0 Å². The molecule has 5 heteroatoms. The van der Waals surface area contributed by atoms with E-state index in [1.807, 2.05) is 0 Å². The summed E-state index contributed by atoms with van der Waals surface area (Å²) in [7, 11) is 0. The van der Waals surface area contributed by atoms with Crippen molar-refractivity contribution in [3.63, 3.8) is 0 Å². The van der Waals surface area contributed by atoms with Gasteiger partial charge in [0.1, 0.15) is 0 Å². The molecule has 14 heavy (non-hydrogen) atoms. The molecule has 0 bridgehead atoms. The molecule has 0 saturated carbocycles. The molecule has 1 aromatic carbocycles. The summed E-state index contributed by atoms with van der Waals surface area (Å²) in [6.07, 6.45) is 3.52. The molecule has 0 aliphatic carbocycles. The van der Waals surface area contributed by atoms with Crippen molar-refractivity contribution >= 4 is 29.3 Å². The predicted octanol–water partition coefficient (Wildman–Crippen LogP) is 4.32. The molecule has 1 rings (SSSR count). The van der Waals surface area contributed by atoms with Crippen LogP contribution in [0.3, 0.4) is 0 Å². The molecule has 0 unspecified atom stereocenters. The van der Waals surface area contributed by atoms with Crippen molar-refractivity contribution in [3.05, 3.63) is 50.3 Å². The van der Waals surface area contributed by atoms with E-state index < -0.39 is 0 Å². The molecule has 0 aliphatic rings. The molecule has 0 heterocycles. The first-order chi connectivity index (χ1) is 6.74. The Hall–Kier alpha value is -1.15. The number of hydrogen-bond donors (Lipinski definition) is 0. The van der Waals surface area contributed by atoms with Gasteiger partial charge in [-0.25, -0.2) is 0 Å². The van der Waals surface area contributed by atoms with Crippen molar-refractivity contribution in [3.8, 4) is 0 Å². The maximum Gasteiger partial charge on any atom is 0.0493 e. The summed E-state index contributed by atoms with van der Waals surface area (Å²) in [6.45, 7) is 0.315. The Morgan fingerprint density at radius 2 is 2.21 bits per heavy atom. The van der Waals surface area contributed by atoms with Gasteiger partial charge >= 0.3 is 0 Å². The normalized spacial score (nSPS) is 10.1. The Kier molecular flexibility index (Phi) is 4.33. The molecule has 0 aromatic heterocycles. The second-order valence-electron chi connectivity index (χ2n) is 2.48. The average Bonchev–Trinajstić information content (AvgIpc) is 2.15. The zero-order valence-corrected chi connectivity index (χ0v) is 8.70. The van der Waals surface area contributed by atoms with Crippen LogP contribution in [-0.2, 0) is 0 Å². The number of nitrogens with zero attached hydrogens (tertiary/aromatic N) is 3. The van der Waals surface area contributed by atoms with Crippen LogP contribution in [-0.4, -0.2) is 6.54 Å². The van der Waals surface area contributed by atoms with Crippen LogP contribution in [0.2, 0.25) is 10.0 Å². The van der Waals surface area contributed by atoms with Crippen molar-refractivity contribution in [2.45, 2.75) is 0 Å². The van der Waals surface area contributed by atoms with Gasteiger partial charge in [0.2, 0.25) is 0 Å². The molecule has 0 fully saturated rings. The van der Waals surface area contributed by atoms with Crippen molar-refractivity contribution in [1.29, 1.82) is 0 Å². The first-order valence-corrected chi connectivity index (χ1v) is 4.62. The highest BCUT2D eigenvalue weighted by Gasteiger charge is 1.96. The lowest BCUT2D eigenvalue weighted by molar-refractivity contribution is 1.22. The number of rotatable bonds is 3. The van der Waals surface area contributed by atoms with E-state index in [1.54, 1.807) is 30.4 Å². The maximum absolute atomic E-state index is 8.04. The second kappa shape index (κ2) is 5.55. The Balaban J connectivity index is 2.76. The van der Waals surface area contributed by atoms with Crippen LogP contribution in [0.15, 0.2) is 29.4 Å². The van der Waals surface area contributed by atoms with E-state index in [9.17, 15) is 0 Å². The number of benzene rings is 1. The molecular weight excluding hydrogens is 221 g/mol. The summed E-state index contributed by atoms with van der Waals surface area (Å²) in [6, 6.07) is 5.22. The molecule has 1 aromatic rings. The van der Waals surface area contributed by atoms with Gasteiger partial charge in [-0.15, -0.1) is 0 Å². The summed E-state index contributed by atoms with van der Waals surface area (Å²) in [5.41, 5.74) is 8.89. The van der Waals surface area contributed by atoms with Crippen LogP contribution < -0.4 is 0 Å². The molecule has 0 radical (unpaired) electrons. The van der Waals surface area contributed by atoms with E-state index in [2.05, 4.69) is 10.0 Å². The van der Waals surface area contributed by atoms with Crippen LogP contribution in [0.5, 0.6) is 0 Å². The van der Waals surface area contributed by atoms with Crippen molar-refractivity contribution in [1.82, 2.24) is 0 Å². The second-order valence-corrected chi connectivity index (χ2v) is 3.33. The van der Waals surface area contributed by atoms with Gasteiger partial charge in [-0.2, -0.15) is 0 Å². The molecule has 0 saturated heterocycles. The lowest BCUT2D eigenvalue weighted by atomic mass is 10.2. The van der Waals surface area contributed by atoms with Crippen LogP contribution in [0.4, 0.5) is 0 Å². The lowest BCUT2D eigenvalue weighted by Gasteiger charge is -1.97. The third-order valence-electron chi connectivity index (χ3n) is 1.51. The van der Waals surface area contributed by atoms with Crippen LogP contribution in [0.1, 0.15) is 5.56 Å². The molecular formula is C9H7Cl2N3. The quantitative estimate of drug-likeness (QED) is 0.420. The van der Waals surface area contributed by atoms with Crippen LogP contribution >= 0.6 is 23.2 Å². The fourth-order valence-electron chi connectivity index (χ4n) is 0.900. The van der Waals surface area contributed by atoms with Gasteiger partial charge in [-0.05, 0) is 23.2 Å². The van der Waals surface area contributed by atoms with Crippen LogP contribution in [0, 0.1) is 0 Å². The van der Waals surface area contributed by atoms with E-state index in [0.29, 0.717) is 16.6 Å². The van der Waals surface area contributed by atoms with Gasteiger partial charge in [0.25, 0.3) is 0 Å². The minimum atomic E-state index is 0.315. The first-order valence-electron chi connectivity index (χ1n) is 3.86. The monoisotopic (exact) mass is 227 g/mol. The van der Waals surface area contributed by atoms with Gasteiger partial charge in [0, 0.05) is 21.5 Å². The summed E-state index contributed by atoms with van der Waals surface area (Å²) in [5.74, 6) is 0. The summed E-state index contributed by atoms with van der Waals surface area (Å²) >= 11 is 11.6. The maximum atomic E-state index is 8.04. The van der Waals surface area contributed by atoms with E-state index >= 15 is 0 Å². The van der Waals surface area contributed by atoms with Crippen molar-refractivity contribution in [2.24, 2.45) is 5.11 Å². The van der Waals surface area contributed by atoms with Crippen molar-refractivity contribution < 1.29 is 0 Å². The Morgan fingerprint density at radius 3 is 2.86 bits per heavy atom. The highest BCUT2D eigenvalue weighted by Crippen LogP contribution is 2.21. The van der Waals surface area contributed by atoms with Gasteiger partial charge in [0.05, 0.1) is 0 Å². The Labute approximate surface area is 91.6 Å². The number of azide groups is 1. The summed E-state index contributed by atoms with van der Waals surface area (Å²) in [5, 5.41) is 4.54. The smallest absolute Gasteiger partial charge is 0.0493 e. The fourth-order valence-corrected chi connectivity index (χ4v) is 1.37. The third-order valence-corrected chi connectivity index (χ3v) is 2.07. The highest BCUT2D eigenvalue weighted by molar-refractivity contribution is 6.35. The van der Waals surface area contributed by atoms with Crippen molar-refractivity contribution in [2.75, 3.05) is 6.54 Å². The molecule has 3 nitrogen and oxygen atoms in total. The topological polar surface area (TPSA) is 48.8 Å². The van der Waals surface area contributed by atoms with E-state index in [0.717, 1.165) is 5.56 Å². The lowest BCUT2D eigenvalue weighted by Crippen LogP contribution is -1.75. The van der Waals surface area contributed by atoms with Gasteiger partial charge in [0.15, 0.2) is 0 Å². The Bertz CT molecular complexity index is 395. The molecule has 0 amide bonds. The molecule has 0 spiro atoms. The zero-order valence-electron chi connectivity index (χ0n) is 7.19. The third kappa shape index (κ3) is 3.30. The predicted molar refractivity (Wildman–Crippen MR) is 59.5 cm³/mol. The summed E-state index contributed by atoms with van der Waals surface area (Å²) < 4.78 is 0. The number of hydrogen-bond acceptors (Lipinski definition) is 1. The molecule has 72 valence electrons. The molecule has 0 atom stereocenters. The largest absolute Gasteiger partial charge is 0.0899 e. The van der Waals surface area contributed by atoms with Gasteiger partial charge in [-0.1, -0.05) is 46.5 Å². The minimum absolute atomic E-state index is 0.315. The average molecular weight is 228 g/mol. The van der Waals surface area contributed by atoms with Crippen LogP contribution in [0.25, 0.3) is 16.5 Å². The highest BCUT2D eigenvalue weighted by atomic mass is 35.5. The molecule has 0 aliphatic heterocycles. The zero-order chi connectivity index (χ0) is 10.4. The van der Waals surface area contributed by atoms with E-state index in [1.165, 1.54) is 0 Å². The van der Waals surface area contributed by atoms with E-state index in [-0.39, 0.29) is 0 Å². The molecule has 0 N–H and O–H groups in total. The van der Waals surface area contributed by atoms with E-state index in [4.69, 9.17) is 28.7 Å². The standard InChI is InChI=1S/C9H7Cl2N3/c10-8-4-3-7(9(11)6-8)2-1-5-13-14-12/h1-4,6H,5H2. The summed E-state index contributed by atoms with van der Waals surface area (Å²) in [4.78, 5) is 2.62. The Morgan fingerprint density at radius 1 is 1.43 bits per heavy atom. The van der Waals surface area contributed by atoms with Gasteiger partial charge in [-0.3, -0.25) is 0 Å².